The standard InChI is InChI=1S/C11H10Cl3N3O3S/c1-5-7(4-18)11(16-15-5)21(19,20)17-10-8(13)2-6(12)3-9(10)14/h2-3,17-18H,4H2,1H3,(H,15,16). The highest BCUT2D eigenvalue weighted by Gasteiger charge is 2.25. The van der Waals surface area contributed by atoms with Gasteiger partial charge in [0.1, 0.15) is 0 Å². The smallest absolute Gasteiger partial charge is 0.281 e. The van der Waals surface area contributed by atoms with Gasteiger partial charge in [-0.05, 0) is 19.1 Å². The van der Waals surface area contributed by atoms with Gasteiger partial charge >= 0.3 is 0 Å². The van der Waals surface area contributed by atoms with E-state index in [-0.39, 0.29) is 31.3 Å². The molecule has 0 amide bonds. The Hall–Kier alpha value is -0.990. The highest BCUT2D eigenvalue weighted by atomic mass is 35.5. The fourth-order valence-corrected chi connectivity index (χ4v) is 3.98. The molecule has 10 heteroatoms. The maximum Gasteiger partial charge on any atom is 0.281 e. The van der Waals surface area contributed by atoms with Crippen LogP contribution in [0.25, 0.3) is 0 Å². The number of sulfonamides is 1. The third-order valence-electron chi connectivity index (χ3n) is 2.69. The van der Waals surface area contributed by atoms with Crippen LogP contribution in [0.5, 0.6) is 0 Å². The van der Waals surface area contributed by atoms with Gasteiger partial charge in [0.2, 0.25) is 5.03 Å². The third-order valence-corrected chi connectivity index (χ3v) is 4.83. The molecule has 0 fully saturated rings. The van der Waals surface area contributed by atoms with E-state index in [9.17, 15) is 13.5 Å². The van der Waals surface area contributed by atoms with Crippen molar-refractivity contribution in [2.75, 3.05) is 4.72 Å². The molecule has 0 aliphatic rings. The Kier molecular flexibility index (Phi) is 4.69. The third kappa shape index (κ3) is 3.27. The summed E-state index contributed by atoms with van der Waals surface area (Å²) in [7, 11) is -4.06. The number of benzene rings is 1. The first-order chi connectivity index (χ1) is 9.76. The Morgan fingerprint density at radius 3 is 2.38 bits per heavy atom. The van der Waals surface area contributed by atoms with Gasteiger partial charge in [-0.15, -0.1) is 0 Å². The molecule has 0 aliphatic heterocycles. The molecule has 6 nitrogen and oxygen atoms in total. The van der Waals surface area contributed by atoms with Crippen molar-refractivity contribution in [1.82, 2.24) is 10.2 Å². The fraction of sp³-hybridized carbons (Fsp3) is 0.182. The number of nitrogens with one attached hydrogen (secondary N) is 2. The van der Waals surface area contributed by atoms with Gasteiger partial charge in [0.25, 0.3) is 10.0 Å². The number of aromatic amines is 1. The van der Waals surface area contributed by atoms with Crippen LogP contribution in [0.3, 0.4) is 0 Å². The van der Waals surface area contributed by atoms with Crippen molar-refractivity contribution in [3.8, 4) is 0 Å². The van der Waals surface area contributed by atoms with Gasteiger partial charge < -0.3 is 5.11 Å². The molecule has 0 radical (unpaired) electrons. The molecule has 1 aromatic heterocycles. The van der Waals surface area contributed by atoms with Gasteiger partial charge in [0, 0.05) is 16.3 Å². The first-order valence-corrected chi connectivity index (χ1v) is 8.20. The Morgan fingerprint density at radius 1 is 1.29 bits per heavy atom. The number of halogens is 3. The van der Waals surface area contributed by atoms with Crippen LogP contribution in [0.4, 0.5) is 5.69 Å². The first kappa shape index (κ1) is 16.4. The number of H-pyrrole nitrogens is 1. The van der Waals surface area contributed by atoms with E-state index in [4.69, 9.17) is 34.8 Å². The molecule has 114 valence electrons. The van der Waals surface area contributed by atoms with Crippen molar-refractivity contribution < 1.29 is 13.5 Å². The highest BCUT2D eigenvalue weighted by molar-refractivity contribution is 7.92. The largest absolute Gasteiger partial charge is 0.392 e. The summed E-state index contributed by atoms with van der Waals surface area (Å²) in [5.74, 6) is 0. The molecular weight excluding hydrogens is 361 g/mol. The summed E-state index contributed by atoms with van der Waals surface area (Å²) in [4.78, 5) is 0. The molecule has 0 saturated heterocycles. The molecule has 0 atom stereocenters. The zero-order chi connectivity index (χ0) is 15.8. The molecule has 2 aromatic rings. The van der Waals surface area contributed by atoms with Crippen molar-refractivity contribution in [3.05, 3.63) is 38.5 Å². The molecule has 3 N–H and O–H groups in total. The van der Waals surface area contributed by atoms with Crippen LogP contribution in [0.2, 0.25) is 15.1 Å². The number of aryl methyl sites for hydroxylation is 1. The molecule has 0 bridgehead atoms. The van der Waals surface area contributed by atoms with Gasteiger partial charge in [-0.2, -0.15) is 13.5 Å². The van der Waals surface area contributed by atoms with Crippen LogP contribution >= 0.6 is 34.8 Å². The Labute approximate surface area is 136 Å². The maximum atomic E-state index is 12.3. The normalized spacial score (nSPS) is 11.7. The van der Waals surface area contributed by atoms with Crippen LogP contribution in [-0.4, -0.2) is 23.7 Å². The van der Waals surface area contributed by atoms with Crippen molar-refractivity contribution >= 4 is 50.5 Å². The molecule has 21 heavy (non-hydrogen) atoms. The second kappa shape index (κ2) is 6.02. The van der Waals surface area contributed by atoms with Crippen molar-refractivity contribution in [2.24, 2.45) is 0 Å². The van der Waals surface area contributed by atoms with E-state index >= 15 is 0 Å². The minimum atomic E-state index is -4.06. The van der Waals surface area contributed by atoms with Gasteiger partial charge in [0.05, 0.1) is 22.3 Å². The number of hydrogen-bond acceptors (Lipinski definition) is 4. The molecule has 0 spiro atoms. The van der Waals surface area contributed by atoms with Crippen molar-refractivity contribution in [1.29, 1.82) is 0 Å². The predicted octanol–water partition coefficient (Wildman–Crippen LogP) is 2.97. The number of aliphatic hydroxyl groups excluding tert-OH is 1. The first-order valence-electron chi connectivity index (χ1n) is 5.58. The summed E-state index contributed by atoms with van der Waals surface area (Å²) >= 11 is 17.6. The number of hydrogen-bond donors (Lipinski definition) is 3. The molecule has 0 unspecified atom stereocenters. The molecular formula is C11H10Cl3N3O3S. The lowest BCUT2D eigenvalue weighted by Crippen LogP contribution is -2.16. The maximum absolute atomic E-state index is 12.3. The number of aromatic nitrogens is 2. The lowest BCUT2D eigenvalue weighted by atomic mass is 10.3. The van der Waals surface area contributed by atoms with Crippen LogP contribution in [0.1, 0.15) is 11.3 Å². The van der Waals surface area contributed by atoms with E-state index in [1.165, 1.54) is 12.1 Å². The lowest BCUT2D eigenvalue weighted by Gasteiger charge is -2.11. The quantitative estimate of drug-likeness (QED) is 0.771. The zero-order valence-electron chi connectivity index (χ0n) is 10.6. The van der Waals surface area contributed by atoms with Gasteiger partial charge in [-0.1, -0.05) is 34.8 Å². The Balaban J connectivity index is 2.47. The van der Waals surface area contributed by atoms with Crippen LogP contribution in [0.15, 0.2) is 17.2 Å². The van der Waals surface area contributed by atoms with Crippen molar-refractivity contribution in [2.45, 2.75) is 18.6 Å². The minimum Gasteiger partial charge on any atom is -0.392 e. The van der Waals surface area contributed by atoms with E-state index in [0.29, 0.717) is 5.69 Å². The monoisotopic (exact) mass is 369 g/mol. The van der Waals surface area contributed by atoms with Crippen molar-refractivity contribution in [3.63, 3.8) is 0 Å². The SMILES string of the molecule is Cc1[nH]nc(S(=O)(=O)Nc2c(Cl)cc(Cl)cc2Cl)c1CO. The van der Waals surface area contributed by atoms with E-state index in [1.54, 1.807) is 6.92 Å². The number of rotatable bonds is 4. The predicted molar refractivity (Wildman–Crippen MR) is 81.5 cm³/mol. The topological polar surface area (TPSA) is 95.1 Å². The van der Waals surface area contributed by atoms with E-state index < -0.39 is 16.6 Å². The Morgan fingerprint density at radius 2 is 1.86 bits per heavy atom. The van der Waals surface area contributed by atoms with E-state index in [1.807, 2.05) is 0 Å². The second-order valence-electron chi connectivity index (χ2n) is 4.14. The van der Waals surface area contributed by atoms with E-state index in [2.05, 4.69) is 14.9 Å². The van der Waals surface area contributed by atoms with Crippen LogP contribution < -0.4 is 4.72 Å². The van der Waals surface area contributed by atoms with Gasteiger partial charge in [-0.25, -0.2) is 0 Å². The molecule has 2 rings (SSSR count). The van der Waals surface area contributed by atoms with Gasteiger partial charge in [-0.3, -0.25) is 9.82 Å². The lowest BCUT2D eigenvalue weighted by molar-refractivity contribution is 0.277. The number of nitrogens with zero attached hydrogens (tertiary/aromatic N) is 1. The van der Waals surface area contributed by atoms with Crippen LogP contribution in [0, 0.1) is 6.92 Å². The molecule has 0 saturated carbocycles. The zero-order valence-corrected chi connectivity index (χ0v) is 13.7. The minimum absolute atomic E-state index is 0.00715. The second-order valence-corrected chi connectivity index (χ2v) is 6.99. The van der Waals surface area contributed by atoms with Crippen LogP contribution in [-0.2, 0) is 16.6 Å². The summed E-state index contributed by atoms with van der Waals surface area (Å²) in [5.41, 5.74) is 0.613. The summed E-state index contributed by atoms with van der Waals surface area (Å²) in [5, 5.41) is 15.5. The molecule has 0 aliphatic carbocycles. The molecule has 1 heterocycles. The number of anilines is 1. The van der Waals surface area contributed by atoms with E-state index in [0.717, 1.165) is 0 Å². The molecule has 1 aromatic carbocycles. The summed E-state index contributed by atoms with van der Waals surface area (Å²) < 4.78 is 26.9. The summed E-state index contributed by atoms with van der Waals surface area (Å²) in [6.45, 7) is 1.13. The highest BCUT2D eigenvalue weighted by Crippen LogP contribution is 2.35. The summed E-state index contributed by atoms with van der Waals surface area (Å²) in [6, 6.07) is 2.71. The summed E-state index contributed by atoms with van der Waals surface area (Å²) in [6.07, 6.45) is 0. The number of aliphatic hydroxyl groups is 1. The average Bonchev–Trinajstić information content (AvgIpc) is 2.75. The van der Waals surface area contributed by atoms with Gasteiger partial charge in [0.15, 0.2) is 0 Å². The average molecular weight is 371 g/mol. The Bertz CT molecular complexity index is 766. The fourth-order valence-electron chi connectivity index (χ4n) is 1.66.